The Morgan fingerprint density at radius 1 is 1.19 bits per heavy atom. The van der Waals surface area contributed by atoms with Gasteiger partial charge in [-0.2, -0.15) is 0 Å². The van der Waals surface area contributed by atoms with Crippen LogP contribution in [0.25, 0.3) is 0 Å². The Labute approximate surface area is 99.6 Å². The highest BCUT2D eigenvalue weighted by Crippen LogP contribution is 2.22. The lowest BCUT2D eigenvalue weighted by Crippen LogP contribution is -1.98. The Balaban J connectivity index is 2.04. The molecule has 0 radical (unpaired) electrons. The number of phenols is 1. The molecule has 1 heterocycles. The molecule has 1 aromatic carbocycles. The van der Waals surface area contributed by atoms with Crippen LogP contribution in [0.3, 0.4) is 0 Å². The molecule has 0 amide bonds. The summed E-state index contributed by atoms with van der Waals surface area (Å²) in [7, 11) is 0. The maximum Gasteiger partial charge on any atom is 0.115 e. The molecule has 0 aliphatic carbocycles. The van der Waals surface area contributed by atoms with Gasteiger partial charge in [-0.1, -0.05) is 0 Å². The molecule has 0 saturated carbocycles. The quantitative estimate of drug-likeness (QED) is 0.793. The molecular formula is C13H15NOS. The van der Waals surface area contributed by atoms with E-state index >= 15 is 0 Å². The van der Waals surface area contributed by atoms with Crippen LogP contribution in [0.15, 0.2) is 30.3 Å². The van der Waals surface area contributed by atoms with Gasteiger partial charge in [0.2, 0.25) is 0 Å². The third kappa shape index (κ3) is 2.55. The first kappa shape index (κ1) is 11.0. The van der Waals surface area contributed by atoms with E-state index in [1.807, 2.05) is 13.0 Å². The van der Waals surface area contributed by atoms with Gasteiger partial charge >= 0.3 is 0 Å². The zero-order valence-electron chi connectivity index (χ0n) is 9.45. The number of aromatic hydroxyl groups is 1. The monoisotopic (exact) mass is 233 g/mol. The van der Waals surface area contributed by atoms with Gasteiger partial charge in [-0.25, -0.2) is 0 Å². The highest BCUT2D eigenvalue weighted by Gasteiger charge is 2.00. The molecular weight excluding hydrogens is 218 g/mol. The van der Waals surface area contributed by atoms with Gasteiger partial charge in [0.05, 0.1) is 0 Å². The number of thiophene rings is 1. The molecule has 1 aromatic heterocycles. The first-order chi connectivity index (χ1) is 7.65. The van der Waals surface area contributed by atoms with Crippen molar-refractivity contribution in [3.05, 3.63) is 45.6 Å². The van der Waals surface area contributed by atoms with E-state index in [1.165, 1.54) is 9.75 Å². The predicted octanol–water partition coefficient (Wildman–Crippen LogP) is 3.68. The highest BCUT2D eigenvalue weighted by atomic mass is 32.1. The van der Waals surface area contributed by atoms with Crippen molar-refractivity contribution in [2.75, 3.05) is 5.32 Å². The van der Waals surface area contributed by atoms with Crippen LogP contribution in [-0.2, 0) is 6.54 Å². The molecule has 16 heavy (non-hydrogen) atoms. The van der Waals surface area contributed by atoms with Crippen LogP contribution in [-0.4, -0.2) is 5.11 Å². The second kappa shape index (κ2) is 4.58. The Kier molecular flexibility index (Phi) is 3.15. The van der Waals surface area contributed by atoms with E-state index in [4.69, 9.17) is 0 Å². The van der Waals surface area contributed by atoms with Crippen molar-refractivity contribution in [1.29, 1.82) is 0 Å². The van der Waals surface area contributed by atoms with Gasteiger partial charge in [-0.3, -0.25) is 0 Å². The minimum atomic E-state index is 0.315. The lowest BCUT2D eigenvalue weighted by Gasteiger charge is -2.08. The van der Waals surface area contributed by atoms with E-state index in [-0.39, 0.29) is 0 Å². The first-order valence-corrected chi connectivity index (χ1v) is 6.05. The molecule has 0 unspecified atom stereocenters. The minimum absolute atomic E-state index is 0.315. The molecule has 84 valence electrons. The van der Waals surface area contributed by atoms with E-state index in [0.29, 0.717) is 5.75 Å². The molecule has 2 aromatic rings. The van der Waals surface area contributed by atoms with Crippen molar-refractivity contribution in [3.63, 3.8) is 0 Å². The normalized spacial score (nSPS) is 10.4. The number of aryl methyl sites for hydroxylation is 2. The Bertz CT molecular complexity index is 490. The third-order valence-corrected chi connectivity index (χ3v) is 3.46. The summed E-state index contributed by atoms with van der Waals surface area (Å²) in [5.41, 5.74) is 2.14. The summed E-state index contributed by atoms with van der Waals surface area (Å²) in [5, 5.41) is 12.7. The van der Waals surface area contributed by atoms with E-state index in [1.54, 1.807) is 23.5 Å². The molecule has 0 spiro atoms. The predicted molar refractivity (Wildman–Crippen MR) is 69.2 cm³/mol. The average molecular weight is 233 g/mol. The van der Waals surface area contributed by atoms with E-state index in [0.717, 1.165) is 17.8 Å². The second-order valence-electron chi connectivity index (χ2n) is 3.87. The van der Waals surface area contributed by atoms with Gasteiger partial charge in [0.15, 0.2) is 0 Å². The summed E-state index contributed by atoms with van der Waals surface area (Å²) in [6, 6.07) is 9.65. The lowest BCUT2D eigenvalue weighted by atomic mass is 10.2. The molecule has 0 aliphatic rings. The standard InChI is InChI=1S/C13H15NOS/c1-9-7-11(15)4-6-13(9)14-8-12-5-3-10(2)16-12/h3-7,14-15H,8H2,1-2H3. The third-order valence-electron chi connectivity index (χ3n) is 2.46. The summed E-state index contributed by atoms with van der Waals surface area (Å²) in [4.78, 5) is 2.66. The molecule has 3 heteroatoms. The maximum atomic E-state index is 9.30. The summed E-state index contributed by atoms with van der Waals surface area (Å²) >= 11 is 1.80. The van der Waals surface area contributed by atoms with E-state index < -0.39 is 0 Å². The Hall–Kier alpha value is -1.48. The van der Waals surface area contributed by atoms with Crippen molar-refractivity contribution in [2.24, 2.45) is 0 Å². The maximum absolute atomic E-state index is 9.30. The number of nitrogens with one attached hydrogen (secondary N) is 1. The second-order valence-corrected chi connectivity index (χ2v) is 5.24. The van der Waals surface area contributed by atoms with Crippen molar-refractivity contribution in [3.8, 4) is 5.75 Å². The van der Waals surface area contributed by atoms with Crippen molar-refractivity contribution >= 4 is 17.0 Å². The number of anilines is 1. The van der Waals surface area contributed by atoms with Gasteiger partial charge < -0.3 is 10.4 Å². The average Bonchev–Trinajstić information content (AvgIpc) is 2.63. The lowest BCUT2D eigenvalue weighted by molar-refractivity contribution is 0.475. The molecule has 0 saturated heterocycles. The minimum Gasteiger partial charge on any atom is -0.508 e. The SMILES string of the molecule is Cc1ccc(CNc2ccc(O)cc2C)s1. The number of rotatable bonds is 3. The zero-order valence-corrected chi connectivity index (χ0v) is 10.3. The number of benzene rings is 1. The number of hydrogen-bond donors (Lipinski definition) is 2. The summed E-state index contributed by atoms with van der Waals surface area (Å²) in [5.74, 6) is 0.315. The van der Waals surface area contributed by atoms with E-state index in [2.05, 4.69) is 24.4 Å². The number of hydrogen-bond acceptors (Lipinski definition) is 3. The van der Waals surface area contributed by atoms with Crippen molar-refractivity contribution < 1.29 is 5.11 Å². The van der Waals surface area contributed by atoms with Crippen LogP contribution in [0.4, 0.5) is 5.69 Å². The summed E-state index contributed by atoms with van der Waals surface area (Å²) in [6.07, 6.45) is 0. The molecule has 2 rings (SSSR count). The van der Waals surface area contributed by atoms with Crippen LogP contribution >= 0.6 is 11.3 Å². The smallest absolute Gasteiger partial charge is 0.115 e. The summed E-state index contributed by atoms with van der Waals surface area (Å²) < 4.78 is 0. The van der Waals surface area contributed by atoms with E-state index in [9.17, 15) is 5.11 Å². The van der Waals surface area contributed by atoms with Crippen LogP contribution in [0.1, 0.15) is 15.3 Å². The zero-order chi connectivity index (χ0) is 11.5. The molecule has 2 N–H and O–H groups in total. The van der Waals surface area contributed by atoms with Gasteiger partial charge in [-0.05, 0) is 49.7 Å². The summed E-state index contributed by atoms with van der Waals surface area (Å²) in [6.45, 7) is 4.94. The van der Waals surface area contributed by atoms with Crippen molar-refractivity contribution in [2.45, 2.75) is 20.4 Å². The largest absolute Gasteiger partial charge is 0.508 e. The Morgan fingerprint density at radius 2 is 2.00 bits per heavy atom. The van der Waals surface area contributed by atoms with Crippen LogP contribution < -0.4 is 5.32 Å². The van der Waals surface area contributed by atoms with Gasteiger partial charge in [0.25, 0.3) is 0 Å². The molecule has 0 fully saturated rings. The Morgan fingerprint density at radius 3 is 2.62 bits per heavy atom. The molecule has 0 aliphatic heterocycles. The topological polar surface area (TPSA) is 32.3 Å². The van der Waals surface area contributed by atoms with Gasteiger partial charge in [-0.15, -0.1) is 11.3 Å². The fourth-order valence-electron chi connectivity index (χ4n) is 1.61. The fourth-order valence-corrected chi connectivity index (χ4v) is 2.44. The first-order valence-electron chi connectivity index (χ1n) is 5.24. The van der Waals surface area contributed by atoms with Crippen LogP contribution in [0.2, 0.25) is 0 Å². The van der Waals surface area contributed by atoms with Gasteiger partial charge in [0, 0.05) is 22.0 Å². The molecule has 0 bridgehead atoms. The van der Waals surface area contributed by atoms with Crippen LogP contribution in [0, 0.1) is 13.8 Å². The molecule has 2 nitrogen and oxygen atoms in total. The highest BCUT2D eigenvalue weighted by molar-refractivity contribution is 7.11. The fraction of sp³-hybridized carbons (Fsp3) is 0.231. The van der Waals surface area contributed by atoms with Crippen LogP contribution in [0.5, 0.6) is 5.75 Å². The number of phenolic OH excluding ortho intramolecular Hbond substituents is 1. The molecule has 0 atom stereocenters. The van der Waals surface area contributed by atoms with Crippen molar-refractivity contribution in [1.82, 2.24) is 0 Å². The van der Waals surface area contributed by atoms with Gasteiger partial charge in [0.1, 0.15) is 5.75 Å².